The van der Waals surface area contributed by atoms with Crippen molar-refractivity contribution in [1.82, 2.24) is 9.62 Å². The summed E-state index contributed by atoms with van der Waals surface area (Å²) in [7, 11) is -2.41. The normalized spacial score (nSPS) is 20.5. The Morgan fingerprint density at radius 2 is 2.04 bits per heavy atom. The van der Waals surface area contributed by atoms with Gasteiger partial charge in [-0.05, 0) is 32.2 Å². The number of likely N-dealkylation sites (N-methyl/N-ethyl adjacent to an activating group) is 1. The number of aliphatic hydroxyl groups excluding tert-OH is 1. The molecule has 0 radical (unpaired) electrons. The van der Waals surface area contributed by atoms with Gasteiger partial charge in [0.25, 0.3) is 10.0 Å². The summed E-state index contributed by atoms with van der Waals surface area (Å²) in [6.07, 6.45) is 9.65. The highest BCUT2D eigenvalue weighted by Crippen LogP contribution is 2.34. The molecule has 0 saturated carbocycles. The maximum absolute atomic E-state index is 12.6. The highest BCUT2D eigenvalue weighted by atomic mass is 32.2. The van der Waals surface area contributed by atoms with Crippen molar-refractivity contribution in [3.05, 3.63) is 71.7 Å². The van der Waals surface area contributed by atoms with Gasteiger partial charge in [0.2, 0.25) is 0 Å². The molecule has 0 saturated heterocycles. The van der Waals surface area contributed by atoms with Crippen LogP contribution in [0.4, 0.5) is 0 Å². The zero-order chi connectivity index (χ0) is 18.3. The maximum Gasteiger partial charge on any atom is 0.264 e. The molecule has 0 aromatic heterocycles. The van der Waals surface area contributed by atoms with E-state index in [1.165, 1.54) is 19.2 Å². The van der Waals surface area contributed by atoms with Crippen LogP contribution in [0.1, 0.15) is 13.8 Å². The Bertz CT molecular complexity index is 769. The number of rotatable bonds is 5. The second-order valence-electron chi connectivity index (χ2n) is 4.85. The molecule has 0 fully saturated rings. The highest BCUT2D eigenvalue weighted by molar-refractivity contribution is 7.93. The Hall–Kier alpha value is -2.54. The third-order valence-corrected chi connectivity index (χ3v) is 5.19. The largest absolute Gasteiger partial charge is 0.505 e. The van der Waals surface area contributed by atoms with Crippen LogP contribution in [0, 0.1) is 0 Å². The van der Waals surface area contributed by atoms with Gasteiger partial charge in [-0.25, -0.2) is 8.42 Å². The number of amidine groups is 1. The van der Waals surface area contributed by atoms with Crippen molar-refractivity contribution in [2.24, 2.45) is 4.99 Å². The average molecular weight is 349 g/mol. The van der Waals surface area contributed by atoms with Crippen molar-refractivity contribution in [3.8, 4) is 0 Å². The van der Waals surface area contributed by atoms with Gasteiger partial charge in [-0.2, -0.15) is 0 Å². The number of aliphatic hydroxyl groups is 1. The van der Waals surface area contributed by atoms with Crippen LogP contribution in [0.2, 0.25) is 0 Å². The minimum absolute atomic E-state index is 0.0377. The first-order chi connectivity index (χ1) is 11.3. The Kier molecular flexibility index (Phi) is 6.79. The van der Waals surface area contributed by atoms with E-state index < -0.39 is 10.0 Å². The molecule has 7 heteroatoms. The summed E-state index contributed by atoms with van der Waals surface area (Å²) in [6.45, 7) is 10.9. The van der Waals surface area contributed by atoms with E-state index in [0.717, 1.165) is 4.31 Å². The van der Waals surface area contributed by atoms with Crippen LogP contribution in [0.25, 0.3) is 0 Å². The molecule has 24 heavy (non-hydrogen) atoms. The zero-order valence-corrected chi connectivity index (χ0v) is 15.0. The van der Waals surface area contributed by atoms with E-state index in [1.54, 1.807) is 31.4 Å². The summed E-state index contributed by atoms with van der Waals surface area (Å²) in [5.74, 6) is 0.265. The quantitative estimate of drug-likeness (QED) is 0.591. The van der Waals surface area contributed by atoms with Crippen LogP contribution in [0.15, 0.2) is 76.7 Å². The summed E-state index contributed by atoms with van der Waals surface area (Å²) in [5, 5.41) is 13.2. The Balaban J connectivity index is 3.29. The SMILES string of the molecule is C=CC(=NCC1=C(O)C(=C)/C(=C\C=C/C)S(=O)(=O)N1C)N/C=C\C. The van der Waals surface area contributed by atoms with Crippen molar-refractivity contribution in [3.63, 3.8) is 0 Å². The summed E-state index contributed by atoms with van der Waals surface area (Å²) in [5.41, 5.74) is 0.206. The molecule has 0 atom stereocenters. The summed E-state index contributed by atoms with van der Waals surface area (Å²) >= 11 is 0. The second kappa shape index (κ2) is 8.35. The predicted octanol–water partition coefficient (Wildman–Crippen LogP) is 2.76. The van der Waals surface area contributed by atoms with Gasteiger partial charge in [0.15, 0.2) is 0 Å². The van der Waals surface area contributed by atoms with Gasteiger partial charge in [-0.3, -0.25) is 9.30 Å². The lowest BCUT2D eigenvalue weighted by Crippen LogP contribution is -2.35. The van der Waals surface area contributed by atoms with Gasteiger partial charge in [0.1, 0.15) is 11.6 Å². The van der Waals surface area contributed by atoms with Crippen LogP contribution >= 0.6 is 0 Å². The molecule has 2 N–H and O–H groups in total. The van der Waals surface area contributed by atoms with Crippen LogP contribution in [0.3, 0.4) is 0 Å². The van der Waals surface area contributed by atoms with Crippen molar-refractivity contribution >= 4 is 15.9 Å². The number of nitrogens with zero attached hydrogens (tertiary/aromatic N) is 2. The molecule has 0 amide bonds. The van der Waals surface area contributed by atoms with Crippen molar-refractivity contribution in [2.75, 3.05) is 13.6 Å². The number of hydrogen-bond donors (Lipinski definition) is 2. The van der Waals surface area contributed by atoms with Gasteiger partial charge in [-0.1, -0.05) is 31.4 Å². The first-order valence-corrected chi connectivity index (χ1v) is 8.73. The first kappa shape index (κ1) is 19.5. The number of sulfonamides is 1. The molecule has 0 aliphatic carbocycles. The van der Waals surface area contributed by atoms with Gasteiger partial charge in [0, 0.05) is 12.6 Å². The second-order valence-corrected chi connectivity index (χ2v) is 6.79. The third kappa shape index (κ3) is 4.05. The van der Waals surface area contributed by atoms with Gasteiger partial charge in [-0.15, -0.1) is 0 Å². The standard InChI is InChI=1S/C17H23N3O3S/c1-6-9-10-15-13(4)17(21)14(20(5)24(15,22)23)12-19-16(8-3)18-11-7-2/h6-11,21H,3-4,12H2,1-2,5H3,(H,18,19)/b9-6-,11-7-,15-10+. The van der Waals surface area contributed by atoms with Gasteiger partial charge < -0.3 is 10.4 Å². The van der Waals surface area contributed by atoms with E-state index >= 15 is 0 Å². The van der Waals surface area contributed by atoms with E-state index in [0.29, 0.717) is 5.84 Å². The monoisotopic (exact) mass is 349 g/mol. The fraction of sp³-hybridized carbons (Fsp3) is 0.235. The number of aliphatic imine (C=N–C) groups is 1. The Morgan fingerprint density at radius 3 is 2.58 bits per heavy atom. The van der Waals surface area contributed by atoms with E-state index in [9.17, 15) is 13.5 Å². The molecule has 0 aromatic carbocycles. The molecule has 0 bridgehead atoms. The zero-order valence-electron chi connectivity index (χ0n) is 14.2. The summed E-state index contributed by atoms with van der Waals surface area (Å²) < 4.78 is 26.2. The smallest absolute Gasteiger partial charge is 0.264 e. The van der Waals surface area contributed by atoms with Crippen LogP contribution < -0.4 is 5.32 Å². The van der Waals surface area contributed by atoms with E-state index in [4.69, 9.17) is 0 Å². The summed E-state index contributed by atoms with van der Waals surface area (Å²) in [4.78, 5) is 4.19. The van der Waals surface area contributed by atoms with E-state index in [-0.39, 0.29) is 28.5 Å². The van der Waals surface area contributed by atoms with E-state index in [1.807, 2.05) is 6.92 Å². The van der Waals surface area contributed by atoms with Crippen molar-refractivity contribution < 1.29 is 13.5 Å². The lowest BCUT2D eigenvalue weighted by atomic mass is 10.1. The molecule has 0 aromatic rings. The molecule has 1 heterocycles. The fourth-order valence-corrected chi connectivity index (χ4v) is 3.32. The molecule has 6 nitrogen and oxygen atoms in total. The van der Waals surface area contributed by atoms with Gasteiger partial charge >= 0.3 is 0 Å². The lowest BCUT2D eigenvalue weighted by molar-refractivity contribution is 0.390. The molecule has 0 unspecified atom stereocenters. The predicted molar refractivity (Wildman–Crippen MR) is 98.8 cm³/mol. The first-order valence-electron chi connectivity index (χ1n) is 7.29. The fourth-order valence-electron chi connectivity index (χ4n) is 1.93. The topological polar surface area (TPSA) is 82.0 Å². The number of allylic oxidation sites excluding steroid dienone is 5. The Morgan fingerprint density at radius 1 is 1.38 bits per heavy atom. The van der Waals surface area contributed by atoms with E-state index in [2.05, 4.69) is 23.5 Å². The number of nitrogens with one attached hydrogen (secondary N) is 1. The van der Waals surface area contributed by atoms with Crippen LogP contribution in [-0.2, 0) is 10.0 Å². The maximum atomic E-state index is 12.6. The van der Waals surface area contributed by atoms with Gasteiger partial charge in [0.05, 0.1) is 17.1 Å². The van der Waals surface area contributed by atoms with Crippen LogP contribution in [-0.4, -0.2) is 37.3 Å². The van der Waals surface area contributed by atoms with Crippen molar-refractivity contribution in [1.29, 1.82) is 0 Å². The highest BCUT2D eigenvalue weighted by Gasteiger charge is 2.35. The minimum Gasteiger partial charge on any atom is -0.505 e. The van der Waals surface area contributed by atoms with Crippen LogP contribution in [0.5, 0.6) is 0 Å². The molecule has 1 aliphatic rings. The number of hydrogen-bond acceptors (Lipinski definition) is 4. The lowest BCUT2D eigenvalue weighted by Gasteiger charge is -2.29. The molecular formula is C17H23N3O3S. The third-order valence-electron chi connectivity index (χ3n) is 3.31. The molecule has 1 rings (SSSR count). The minimum atomic E-state index is -3.78. The Labute approximate surface area is 143 Å². The molecule has 1 aliphatic heterocycles. The molecular weight excluding hydrogens is 326 g/mol. The molecule has 130 valence electrons. The average Bonchev–Trinajstić information content (AvgIpc) is 2.56. The molecule has 0 spiro atoms. The summed E-state index contributed by atoms with van der Waals surface area (Å²) in [6, 6.07) is 0. The van der Waals surface area contributed by atoms with Crippen molar-refractivity contribution in [2.45, 2.75) is 13.8 Å².